The third kappa shape index (κ3) is 5.76. The van der Waals surface area contributed by atoms with Gasteiger partial charge in [-0.05, 0) is 32.8 Å². The summed E-state index contributed by atoms with van der Waals surface area (Å²) in [6.45, 7) is 2.19. The number of aromatic nitrogens is 3. The smallest absolute Gasteiger partial charge is 0.276 e. The van der Waals surface area contributed by atoms with Gasteiger partial charge in [-0.2, -0.15) is 4.72 Å². The van der Waals surface area contributed by atoms with Crippen LogP contribution in [-0.4, -0.2) is 70.5 Å². The minimum atomic E-state index is -4.76. The molecule has 2 fully saturated rings. The van der Waals surface area contributed by atoms with E-state index >= 15 is 4.39 Å². The molecular formula is C24H23ClF5N5O5S2. The fourth-order valence-corrected chi connectivity index (χ4v) is 7.12. The van der Waals surface area contributed by atoms with Crippen LogP contribution in [0.25, 0.3) is 21.3 Å². The summed E-state index contributed by atoms with van der Waals surface area (Å²) in [5.41, 5.74) is -4.01. The summed E-state index contributed by atoms with van der Waals surface area (Å²) in [6.07, 6.45) is -4.43. The van der Waals surface area contributed by atoms with Gasteiger partial charge in [0.05, 0.1) is 15.4 Å². The molecule has 1 saturated carbocycles. The minimum absolute atomic E-state index is 0.0545. The number of nitrogens with zero attached hydrogens (tertiary/aromatic N) is 4. The molecule has 1 aliphatic carbocycles. The number of hydrogen-bond donors (Lipinski definition) is 2. The lowest BCUT2D eigenvalue weighted by molar-refractivity contribution is -0.0495. The number of likely N-dealkylation sites (tertiary alicyclic amines) is 1. The van der Waals surface area contributed by atoms with Crippen LogP contribution in [-0.2, 0) is 15.6 Å². The third-order valence-electron chi connectivity index (χ3n) is 6.87. The number of hydrogen-bond acceptors (Lipinski definition) is 9. The van der Waals surface area contributed by atoms with E-state index in [4.69, 9.17) is 16.0 Å². The summed E-state index contributed by atoms with van der Waals surface area (Å²) in [6, 6.07) is 1.89. The van der Waals surface area contributed by atoms with Gasteiger partial charge in [0.15, 0.2) is 10.8 Å². The first-order chi connectivity index (χ1) is 19.4. The molecule has 5 rings (SSSR count). The standard InChI is InChI=1S/C24H23ClF5N5O5S2/c1-22(2,37)21-33-32-17(40-21)18-31-15(19(36)35-9-7-24(29,30)8-10-35)16(41-18)11-3-4-12(14(26)13(11)25)42(38,39)34-23(5-6-23)20(27)28/h3-4,20,34,37H,5-10H2,1-2H3. The van der Waals surface area contributed by atoms with Crippen molar-refractivity contribution < 1.29 is 44.7 Å². The van der Waals surface area contributed by atoms with E-state index in [9.17, 15) is 35.9 Å². The third-order valence-corrected chi connectivity index (χ3v) is 9.88. The maximum absolute atomic E-state index is 15.5. The molecule has 42 heavy (non-hydrogen) atoms. The van der Waals surface area contributed by atoms with Crippen LogP contribution in [0.1, 0.15) is 55.9 Å². The SMILES string of the molecule is CC(C)(O)c1nnc(-c2nc(C(=O)N3CCC(F)(F)CC3)c(-c3ccc(S(=O)(=O)NC4(C(F)F)CC4)c(F)c3Cl)s2)o1. The van der Waals surface area contributed by atoms with Gasteiger partial charge in [-0.1, -0.05) is 17.7 Å². The molecule has 0 spiro atoms. The zero-order valence-corrected chi connectivity index (χ0v) is 24.3. The lowest BCUT2D eigenvalue weighted by Crippen LogP contribution is -2.43. The Balaban J connectivity index is 1.57. The van der Waals surface area contributed by atoms with Crippen LogP contribution >= 0.6 is 22.9 Å². The van der Waals surface area contributed by atoms with Crippen molar-refractivity contribution in [2.45, 2.75) is 67.9 Å². The van der Waals surface area contributed by atoms with Gasteiger partial charge in [0.25, 0.3) is 24.1 Å². The Morgan fingerprint density at radius 2 is 1.83 bits per heavy atom. The molecule has 0 radical (unpaired) electrons. The number of benzene rings is 1. The number of carbonyl (C=O) groups excluding carboxylic acids is 1. The van der Waals surface area contributed by atoms with Crippen molar-refractivity contribution in [3.05, 3.63) is 34.6 Å². The molecule has 3 aromatic rings. The number of amides is 1. The maximum Gasteiger partial charge on any atom is 0.276 e. The molecule has 2 aliphatic rings. The number of piperidine rings is 1. The van der Waals surface area contributed by atoms with E-state index < -0.39 is 68.0 Å². The molecular weight excluding hydrogens is 633 g/mol. The summed E-state index contributed by atoms with van der Waals surface area (Å²) in [5.74, 6) is -5.59. The van der Waals surface area contributed by atoms with Gasteiger partial charge in [-0.25, -0.2) is 35.4 Å². The van der Waals surface area contributed by atoms with E-state index in [1.54, 1.807) is 0 Å². The Morgan fingerprint density at radius 3 is 2.38 bits per heavy atom. The van der Waals surface area contributed by atoms with Crippen LogP contribution < -0.4 is 4.72 Å². The molecule has 0 bridgehead atoms. The van der Waals surface area contributed by atoms with Gasteiger partial charge >= 0.3 is 0 Å². The molecule has 1 saturated heterocycles. The average molecular weight is 656 g/mol. The molecule has 0 unspecified atom stereocenters. The number of rotatable bonds is 8. The normalized spacial score (nSPS) is 18.5. The highest BCUT2D eigenvalue weighted by Gasteiger charge is 2.54. The first-order valence-electron chi connectivity index (χ1n) is 12.5. The molecule has 2 aromatic heterocycles. The Morgan fingerprint density at radius 1 is 1.19 bits per heavy atom. The van der Waals surface area contributed by atoms with Crippen molar-refractivity contribution in [1.82, 2.24) is 24.8 Å². The number of nitrogens with one attached hydrogen (secondary N) is 1. The Kier molecular flexibility index (Phi) is 7.65. The fourth-order valence-electron chi connectivity index (χ4n) is 4.22. The molecule has 1 aromatic carbocycles. The van der Waals surface area contributed by atoms with E-state index in [0.29, 0.717) is 0 Å². The van der Waals surface area contributed by atoms with Gasteiger partial charge in [-0.3, -0.25) is 4.79 Å². The van der Waals surface area contributed by atoms with Crippen molar-refractivity contribution >= 4 is 38.9 Å². The summed E-state index contributed by atoms with van der Waals surface area (Å²) in [5, 5.41) is 16.9. The highest BCUT2D eigenvalue weighted by atomic mass is 35.5. The summed E-state index contributed by atoms with van der Waals surface area (Å²) in [7, 11) is -4.76. The van der Waals surface area contributed by atoms with Crippen molar-refractivity contribution in [3.8, 4) is 21.3 Å². The van der Waals surface area contributed by atoms with Gasteiger partial charge in [0.1, 0.15) is 16.2 Å². The van der Waals surface area contributed by atoms with Crippen LogP contribution in [0, 0.1) is 5.82 Å². The van der Waals surface area contributed by atoms with Crippen LogP contribution in [0.4, 0.5) is 22.0 Å². The predicted molar refractivity (Wildman–Crippen MR) is 139 cm³/mol. The second kappa shape index (κ2) is 10.5. The van der Waals surface area contributed by atoms with Crippen LogP contribution in [0.2, 0.25) is 5.02 Å². The second-order valence-electron chi connectivity index (χ2n) is 10.6. The lowest BCUT2D eigenvalue weighted by Gasteiger charge is -2.31. The topological polar surface area (TPSA) is 139 Å². The average Bonchev–Trinajstić information content (AvgIpc) is 3.30. The Labute approximate surface area is 244 Å². The van der Waals surface area contributed by atoms with Crippen LogP contribution in [0.15, 0.2) is 21.4 Å². The van der Waals surface area contributed by atoms with Gasteiger partial charge in [0.2, 0.25) is 15.9 Å². The van der Waals surface area contributed by atoms with Gasteiger partial charge < -0.3 is 14.4 Å². The first kappa shape index (κ1) is 30.7. The zero-order chi connectivity index (χ0) is 30.8. The zero-order valence-electron chi connectivity index (χ0n) is 21.9. The Hall–Kier alpha value is -2.73. The number of sulfonamides is 1. The van der Waals surface area contributed by atoms with Gasteiger partial charge in [0, 0.05) is 31.5 Å². The van der Waals surface area contributed by atoms with Crippen LogP contribution in [0.5, 0.6) is 0 Å². The highest BCUT2D eigenvalue weighted by molar-refractivity contribution is 7.89. The van der Waals surface area contributed by atoms with Crippen LogP contribution in [0.3, 0.4) is 0 Å². The quantitative estimate of drug-likeness (QED) is 0.329. The molecule has 1 amide bonds. The van der Waals surface area contributed by atoms with E-state index in [2.05, 4.69) is 15.2 Å². The molecule has 18 heteroatoms. The molecule has 1 aliphatic heterocycles. The number of carbonyl (C=O) groups is 1. The first-order valence-corrected chi connectivity index (χ1v) is 15.2. The van der Waals surface area contributed by atoms with Crippen molar-refractivity contribution in [1.29, 1.82) is 0 Å². The summed E-state index contributed by atoms with van der Waals surface area (Å²) < 4.78 is 103. The summed E-state index contributed by atoms with van der Waals surface area (Å²) >= 11 is 7.00. The lowest BCUT2D eigenvalue weighted by atomic mass is 10.1. The van der Waals surface area contributed by atoms with E-state index in [1.165, 1.54) is 13.8 Å². The van der Waals surface area contributed by atoms with Crippen molar-refractivity contribution in [3.63, 3.8) is 0 Å². The van der Waals surface area contributed by atoms with E-state index in [1.807, 2.05) is 4.72 Å². The van der Waals surface area contributed by atoms with Gasteiger partial charge in [-0.15, -0.1) is 21.5 Å². The molecule has 2 N–H and O–H groups in total. The highest BCUT2D eigenvalue weighted by Crippen LogP contribution is 2.44. The number of aliphatic hydroxyl groups is 1. The van der Waals surface area contributed by atoms with E-state index in [0.717, 1.165) is 28.4 Å². The van der Waals surface area contributed by atoms with E-state index in [-0.39, 0.29) is 58.9 Å². The van der Waals surface area contributed by atoms with Crippen molar-refractivity contribution in [2.24, 2.45) is 0 Å². The number of alkyl halides is 4. The monoisotopic (exact) mass is 655 g/mol. The maximum atomic E-state index is 15.5. The number of halogens is 6. The summed E-state index contributed by atoms with van der Waals surface area (Å²) in [4.78, 5) is 17.8. The fraction of sp³-hybridized carbons (Fsp3) is 0.500. The molecule has 228 valence electrons. The predicted octanol–water partition coefficient (Wildman–Crippen LogP) is 4.83. The largest absolute Gasteiger partial charge is 0.415 e. The second-order valence-corrected chi connectivity index (χ2v) is 13.6. The molecule has 0 atom stereocenters. The number of thiazole rings is 1. The van der Waals surface area contributed by atoms with Crippen molar-refractivity contribution in [2.75, 3.05) is 13.1 Å². The Bertz CT molecular complexity index is 1640. The molecule has 10 nitrogen and oxygen atoms in total. The minimum Gasteiger partial charge on any atom is -0.415 e. The molecule has 3 heterocycles.